The molecule has 0 saturated carbocycles. The largest absolute Gasteiger partial charge is 0.459 e. The lowest BCUT2D eigenvalue weighted by atomic mass is 10.1. The third kappa shape index (κ3) is 3.61. The summed E-state index contributed by atoms with van der Waals surface area (Å²) in [5, 5.41) is 3.90. The molecule has 1 amide bonds. The third-order valence-corrected chi connectivity index (χ3v) is 4.29. The minimum Gasteiger partial charge on any atom is -0.459 e. The van der Waals surface area contributed by atoms with E-state index in [0.29, 0.717) is 16.8 Å². The van der Waals surface area contributed by atoms with Gasteiger partial charge < -0.3 is 15.0 Å². The molecule has 0 aliphatic rings. The van der Waals surface area contributed by atoms with Crippen molar-refractivity contribution in [2.75, 3.05) is 5.32 Å². The highest BCUT2D eigenvalue weighted by atomic mass is 16.5. The van der Waals surface area contributed by atoms with Gasteiger partial charge in [0.05, 0.1) is 11.7 Å². The van der Waals surface area contributed by atoms with Gasteiger partial charge in [-0.15, -0.1) is 0 Å². The van der Waals surface area contributed by atoms with Gasteiger partial charge >= 0.3 is 5.97 Å². The lowest BCUT2D eigenvalue weighted by Gasteiger charge is -2.09. The Morgan fingerprint density at radius 3 is 2.31 bits per heavy atom. The van der Waals surface area contributed by atoms with E-state index in [4.69, 9.17) is 4.74 Å². The number of hydrogen-bond donors (Lipinski definition) is 2. The van der Waals surface area contributed by atoms with Crippen LogP contribution in [-0.2, 0) is 4.74 Å². The van der Waals surface area contributed by atoms with Crippen LogP contribution in [0.2, 0.25) is 0 Å². The molecule has 0 aliphatic carbocycles. The molecule has 0 saturated heterocycles. The minimum absolute atomic E-state index is 0.169. The second-order valence-corrected chi connectivity index (χ2v) is 6.62. The van der Waals surface area contributed by atoms with E-state index in [1.54, 1.807) is 44.2 Å². The van der Waals surface area contributed by atoms with E-state index in [1.165, 1.54) is 0 Å². The Morgan fingerprint density at radius 2 is 1.65 bits per heavy atom. The molecule has 3 rings (SSSR count). The number of nitrogens with one attached hydrogen (secondary N) is 2. The molecule has 0 aliphatic heterocycles. The smallest absolute Gasteiger partial charge is 0.338 e. The van der Waals surface area contributed by atoms with Crippen LogP contribution in [0.25, 0.3) is 10.9 Å². The van der Waals surface area contributed by atoms with Crippen LogP contribution in [0.5, 0.6) is 0 Å². The van der Waals surface area contributed by atoms with Crippen molar-refractivity contribution in [1.82, 2.24) is 4.98 Å². The maximum absolute atomic E-state index is 12.5. The number of aromatic amines is 1. The van der Waals surface area contributed by atoms with Crippen molar-refractivity contribution in [2.45, 2.75) is 33.8 Å². The molecule has 1 heterocycles. The van der Waals surface area contributed by atoms with Gasteiger partial charge in [0, 0.05) is 27.8 Å². The molecule has 5 heteroatoms. The van der Waals surface area contributed by atoms with Crippen molar-refractivity contribution >= 4 is 28.5 Å². The minimum atomic E-state index is -0.373. The summed E-state index contributed by atoms with van der Waals surface area (Å²) in [4.78, 5) is 27.7. The van der Waals surface area contributed by atoms with Crippen molar-refractivity contribution in [1.29, 1.82) is 0 Å². The molecule has 0 spiro atoms. The molecule has 0 fully saturated rings. The Balaban J connectivity index is 1.75. The summed E-state index contributed by atoms with van der Waals surface area (Å²) < 4.78 is 5.15. The van der Waals surface area contributed by atoms with Crippen LogP contribution in [0.1, 0.15) is 45.8 Å². The maximum Gasteiger partial charge on any atom is 0.338 e. The molecular weight excluding hydrogens is 328 g/mol. The standard InChI is InChI=1S/C21H22N2O3/c1-12(2)26-21(25)15-5-8-17(9-6-15)23-20(24)16-7-10-19-18(11-16)13(3)14(4)22-19/h5-12,22H,1-4H3,(H,23,24). The zero-order valence-electron chi connectivity index (χ0n) is 15.3. The van der Waals surface area contributed by atoms with E-state index < -0.39 is 0 Å². The number of carbonyl (C=O) groups excluding carboxylic acids is 2. The van der Waals surface area contributed by atoms with Crippen LogP contribution >= 0.6 is 0 Å². The summed E-state index contributed by atoms with van der Waals surface area (Å²) in [6.07, 6.45) is -0.169. The van der Waals surface area contributed by atoms with Crippen LogP contribution in [0, 0.1) is 13.8 Å². The number of fused-ring (bicyclic) bond motifs is 1. The van der Waals surface area contributed by atoms with Crippen molar-refractivity contribution in [3.63, 3.8) is 0 Å². The number of benzene rings is 2. The summed E-state index contributed by atoms with van der Waals surface area (Å²) in [5.74, 6) is -0.565. The van der Waals surface area contributed by atoms with E-state index >= 15 is 0 Å². The van der Waals surface area contributed by atoms with Gasteiger partial charge in [0.15, 0.2) is 0 Å². The molecule has 0 atom stereocenters. The Labute approximate surface area is 152 Å². The van der Waals surface area contributed by atoms with Crippen LogP contribution in [0.15, 0.2) is 42.5 Å². The number of esters is 1. The maximum atomic E-state index is 12.5. The molecule has 0 bridgehead atoms. The quantitative estimate of drug-likeness (QED) is 0.675. The second-order valence-electron chi connectivity index (χ2n) is 6.62. The second kappa shape index (κ2) is 7.04. The Kier molecular flexibility index (Phi) is 4.80. The average Bonchev–Trinajstić information content (AvgIpc) is 2.89. The molecular formula is C21H22N2O3. The Morgan fingerprint density at radius 1 is 1.00 bits per heavy atom. The van der Waals surface area contributed by atoms with E-state index in [0.717, 1.165) is 22.2 Å². The summed E-state index contributed by atoms with van der Waals surface area (Å²) in [6, 6.07) is 12.3. The number of aromatic nitrogens is 1. The van der Waals surface area contributed by atoms with Gasteiger partial charge in [-0.3, -0.25) is 4.79 Å². The first kappa shape index (κ1) is 17.7. The van der Waals surface area contributed by atoms with E-state index in [-0.39, 0.29) is 18.0 Å². The van der Waals surface area contributed by atoms with Crippen LogP contribution < -0.4 is 5.32 Å². The molecule has 5 nitrogen and oxygen atoms in total. The highest BCUT2D eigenvalue weighted by molar-refractivity contribution is 6.06. The molecule has 1 aromatic heterocycles. The number of aryl methyl sites for hydroxylation is 2. The topological polar surface area (TPSA) is 71.2 Å². The number of anilines is 1. The van der Waals surface area contributed by atoms with Gasteiger partial charge in [-0.05, 0) is 75.7 Å². The van der Waals surface area contributed by atoms with Gasteiger partial charge in [0.25, 0.3) is 5.91 Å². The van der Waals surface area contributed by atoms with Crippen molar-refractivity contribution in [3.05, 3.63) is 64.8 Å². The number of rotatable bonds is 4. The number of hydrogen-bond acceptors (Lipinski definition) is 3. The molecule has 26 heavy (non-hydrogen) atoms. The summed E-state index contributed by atoms with van der Waals surface area (Å²) >= 11 is 0. The van der Waals surface area contributed by atoms with Gasteiger partial charge in [0.2, 0.25) is 0 Å². The summed E-state index contributed by atoms with van der Waals surface area (Å²) in [6.45, 7) is 7.65. The molecule has 0 unspecified atom stereocenters. The fourth-order valence-electron chi connectivity index (χ4n) is 2.78. The third-order valence-electron chi connectivity index (χ3n) is 4.29. The molecule has 0 radical (unpaired) electrons. The number of H-pyrrole nitrogens is 1. The lowest BCUT2D eigenvalue weighted by molar-refractivity contribution is 0.0378. The van der Waals surface area contributed by atoms with Crippen LogP contribution in [0.3, 0.4) is 0 Å². The van der Waals surface area contributed by atoms with E-state index in [2.05, 4.69) is 10.3 Å². The van der Waals surface area contributed by atoms with E-state index in [1.807, 2.05) is 26.0 Å². The monoisotopic (exact) mass is 350 g/mol. The SMILES string of the molecule is Cc1[nH]c2ccc(C(=O)Nc3ccc(C(=O)OC(C)C)cc3)cc2c1C. The highest BCUT2D eigenvalue weighted by Gasteiger charge is 2.12. The predicted molar refractivity (Wildman–Crippen MR) is 103 cm³/mol. The van der Waals surface area contributed by atoms with Crippen LogP contribution in [0.4, 0.5) is 5.69 Å². The molecule has 3 aromatic rings. The van der Waals surface area contributed by atoms with Crippen molar-refractivity contribution in [2.24, 2.45) is 0 Å². The Bertz CT molecular complexity index is 969. The fraction of sp³-hybridized carbons (Fsp3) is 0.238. The van der Waals surface area contributed by atoms with Gasteiger partial charge in [0.1, 0.15) is 0 Å². The fourth-order valence-corrected chi connectivity index (χ4v) is 2.78. The predicted octanol–water partition coefficient (Wildman–Crippen LogP) is 4.60. The zero-order valence-corrected chi connectivity index (χ0v) is 15.3. The van der Waals surface area contributed by atoms with Crippen molar-refractivity contribution in [3.8, 4) is 0 Å². The number of amides is 1. The summed E-state index contributed by atoms with van der Waals surface area (Å²) in [5.41, 5.74) is 4.92. The summed E-state index contributed by atoms with van der Waals surface area (Å²) in [7, 11) is 0. The molecule has 2 N–H and O–H groups in total. The van der Waals surface area contributed by atoms with E-state index in [9.17, 15) is 9.59 Å². The lowest BCUT2D eigenvalue weighted by Crippen LogP contribution is -2.13. The van der Waals surface area contributed by atoms with Gasteiger partial charge in [-0.2, -0.15) is 0 Å². The van der Waals surface area contributed by atoms with Gasteiger partial charge in [-0.1, -0.05) is 0 Å². The molecule has 134 valence electrons. The first-order valence-electron chi connectivity index (χ1n) is 8.56. The van der Waals surface area contributed by atoms with Crippen molar-refractivity contribution < 1.29 is 14.3 Å². The average molecular weight is 350 g/mol. The Hall–Kier alpha value is -3.08. The van der Waals surface area contributed by atoms with Crippen LogP contribution in [-0.4, -0.2) is 23.0 Å². The number of carbonyl (C=O) groups is 2. The first-order chi connectivity index (χ1) is 12.3. The highest BCUT2D eigenvalue weighted by Crippen LogP contribution is 2.23. The van der Waals surface area contributed by atoms with Gasteiger partial charge in [-0.25, -0.2) is 4.79 Å². The first-order valence-corrected chi connectivity index (χ1v) is 8.56. The molecule has 2 aromatic carbocycles. The normalized spacial score (nSPS) is 11.0. The zero-order chi connectivity index (χ0) is 18.8. The number of ether oxygens (including phenoxy) is 1.